The van der Waals surface area contributed by atoms with Gasteiger partial charge in [-0.1, -0.05) is 48.5 Å². The van der Waals surface area contributed by atoms with Crippen LogP contribution >= 0.6 is 0 Å². The highest BCUT2D eigenvalue weighted by Crippen LogP contribution is 2.44. The van der Waals surface area contributed by atoms with Gasteiger partial charge in [-0.25, -0.2) is 22.8 Å². The number of carbonyl (C=O) groups is 3. The monoisotopic (exact) mass is 781 g/mol. The van der Waals surface area contributed by atoms with Crippen molar-refractivity contribution in [3.63, 3.8) is 0 Å². The lowest BCUT2D eigenvalue weighted by Crippen LogP contribution is -2.44. The average molecular weight is 782 g/mol. The number of amides is 2. The molecule has 0 fully saturated rings. The zero-order valence-electron chi connectivity index (χ0n) is 30.0. The minimum Gasteiger partial charge on any atom is -0.449 e. The summed E-state index contributed by atoms with van der Waals surface area (Å²) < 4.78 is 101. The fourth-order valence-electron chi connectivity index (χ4n) is 5.68. The molecule has 0 aromatic heterocycles. The van der Waals surface area contributed by atoms with Crippen molar-refractivity contribution in [2.75, 3.05) is 72.6 Å². The predicted octanol–water partition coefficient (Wildman–Crippen LogP) is 4.90. The van der Waals surface area contributed by atoms with E-state index in [1.54, 1.807) is 0 Å². The van der Waals surface area contributed by atoms with Crippen LogP contribution in [0.5, 0.6) is 5.75 Å². The van der Waals surface area contributed by atoms with Crippen LogP contribution in [0.4, 0.5) is 26.7 Å². The second-order valence-corrected chi connectivity index (χ2v) is 12.2. The lowest BCUT2D eigenvalue weighted by molar-refractivity contribution is -0.137. The molecule has 0 aliphatic heterocycles. The van der Waals surface area contributed by atoms with Crippen molar-refractivity contribution >= 4 is 18.0 Å². The largest absolute Gasteiger partial charge is 0.449 e. The Balaban J connectivity index is 1.22. The van der Waals surface area contributed by atoms with Crippen LogP contribution in [-0.2, 0) is 33.3 Å². The molecule has 12 nitrogen and oxygen atoms in total. The van der Waals surface area contributed by atoms with E-state index >= 15 is 0 Å². The number of hydrogen-bond donors (Lipinski definition) is 3. The van der Waals surface area contributed by atoms with E-state index < -0.39 is 52.9 Å². The molecule has 0 saturated carbocycles. The topological polar surface area (TPSA) is 157 Å². The number of nitrogens with one attached hydrogen (secondary N) is 2. The number of benzene rings is 3. The Morgan fingerprint density at radius 1 is 0.673 bits per heavy atom. The summed E-state index contributed by atoms with van der Waals surface area (Å²) in [5.74, 6) is -15.7. The molecule has 1 unspecified atom stereocenters. The van der Waals surface area contributed by atoms with Crippen LogP contribution in [0, 0.1) is 29.1 Å². The van der Waals surface area contributed by atoms with Gasteiger partial charge in [0.05, 0.1) is 52.9 Å². The van der Waals surface area contributed by atoms with Crippen molar-refractivity contribution in [3.05, 3.63) is 88.7 Å². The van der Waals surface area contributed by atoms with E-state index in [1.807, 2.05) is 48.5 Å². The van der Waals surface area contributed by atoms with Crippen LogP contribution in [0.1, 0.15) is 42.7 Å². The van der Waals surface area contributed by atoms with Crippen molar-refractivity contribution in [2.24, 2.45) is 5.73 Å². The van der Waals surface area contributed by atoms with Crippen molar-refractivity contribution in [2.45, 2.75) is 37.6 Å². The van der Waals surface area contributed by atoms with Gasteiger partial charge in [0.2, 0.25) is 40.7 Å². The van der Waals surface area contributed by atoms with Crippen LogP contribution in [0.25, 0.3) is 11.1 Å². The minimum atomic E-state index is -2.43. The molecule has 300 valence electrons. The summed E-state index contributed by atoms with van der Waals surface area (Å²) in [6, 6.07) is 13.5. The number of fused-ring (bicyclic) bond motifs is 3. The summed E-state index contributed by atoms with van der Waals surface area (Å²) >= 11 is 0. The van der Waals surface area contributed by atoms with Crippen LogP contribution < -0.4 is 21.1 Å². The molecule has 1 aliphatic carbocycles. The van der Waals surface area contributed by atoms with Gasteiger partial charge in [0, 0.05) is 25.4 Å². The third-order valence-electron chi connectivity index (χ3n) is 8.39. The standard InChI is InChI=1S/C38H44F5N3O9/c39-31-32(40)34(42)36(35(43)33(31)41)55-37(48)29(46-38(49)54-23-28-26-9-3-1-7-24(26)25-8-2-4-10-27(25)28)11-5-6-14-45-30(47)12-15-50-17-19-52-21-22-53-20-18-51-16-13-44/h1-4,7-10,28-29H,5-6,11-23,44H2,(H,45,47)(H,46,49). The fraction of sp³-hybridized carbons (Fsp3) is 0.447. The number of halogens is 5. The van der Waals surface area contributed by atoms with Gasteiger partial charge in [0.25, 0.3) is 0 Å². The molecule has 2 amide bonds. The Hall–Kier alpha value is -4.68. The Kier molecular flexibility index (Phi) is 17.7. The summed E-state index contributed by atoms with van der Waals surface area (Å²) in [5, 5.41) is 4.96. The average Bonchev–Trinajstić information content (AvgIpc) is 3.51. The van der Waals surface area contributed by atoms with Crippen LogP contribution in [0.2, 0.25) is 0 Å². The van der Waals surface area contributed by atoms with E-state index in [-0.39, 0.29) is 63.9 Å². The van der Waals surface area contributed by atoms with Crippen molar-refractivity contribution < 1.29 is 64.8 Å². The first kappa shape index (κ1) is 43.1. The number of hydrogen-bond acceptors (Lipinski definition) is 10. The highest BCUT2D eigenvalue weighted by Gasteiger charge is 2.33. The molecule has 1 atom stereocenters. The maximum atomic E-state index is 14.3. The second-order valence-electron chi connectivity index (χ2n) is 12.2. The summed E-state index contributed by atoms with van der Waals surface area (Å²) in [5.41, 5.74) is 9.10. The van der Waals surface area contributed by atoms with Crippen LogP contribution in [-0.4, -0.2) is 96.6 Å². The second kappa shape index (κ2) is 22.6. The maximum Gasteiger partial charge on any atom is 0.407 e. The van der Waals surface area contributed by atoms with Gasteiger partial charge in [-0.3, -0.25) is 4.79 Å². The van der Waals surface area contributed by atoms with Crippen LogP contribution in [0.3, 0.4) is 0 Å². The lowest BCUT2D eigenvalue weighted by Gasteiger charge is -2.19. The first-order chi connectivity index (χ1) is 26.6. The maximum absolute atomic E-state index is 14.3. The van der Waals surface area contributed by atoms with Gasteiger partial charge in [0.15, 0.2) is 0 Å². The third-order valence-corrected chi connectivity index (χ3v) is 8.39. The zero-order chi connectivity index (χ0) is 39.6. The van der Waals surface area contributed by atoms with Crippen molar-refractivity contribution in [1.29, 1.82) is 0 Å². The van der Waals surface area contributed by atoms with E-state index in [4.69, 9.17) is 29.4 Å². The number of carbonyl (C=O) groups excluding carboxylic acids is 3. The van der Waals surface area contributed by atoms with E-state index in [0.29, 0.717) is 46.2 Å². The Morgan fingerprint density at radius 3 is 1.75 bits per heavy atom. The molecule has 0 spiro atoms. The fourth-order valence-corrected chi connectivity index (χ4v) is 5.68. The highest BCUT2D eigenvalue weighted by atomic mass is 19.2. The third kappa shape index (κ3) is 12.7. The Bertz CT molecular complexity index is 1660. The molecule has 17 heteroatoms. The molecule has 0 radical (unpaired) electrons. The molecular formula is C38H44F5N3O9. The summed E-state index contributed by atoms with van der Waals surface area (Å²) in [6.45, 7) is 3.33. The number of rotatable bonds is 24. The van der Waals surface area contributed by atoms with Crippen molar-refractivity contribution in [3.8, 4) is 16.9 Å². The molecule has 4 rings (SSSR count). The predicted molar refractivity (Wildman–Crippen MR) is 188 cm³/mol. The molecule has 4 N–H and O–H groups in total. The van der Waals surface area contributed by atoms with Gasteiger partial charge in [-0.05, 0) is 41.5 Å². The summed E-state index contributed by atoms with van der Waals surface area (Å²) in [6.07, 6.45) is -0.798. The van der Waals surface area contributed by atoms with E-state index in [0.717, 1.165) is 22.3 Å². The number of esters is 1. The van der Waals surface area contributed by atoms with E-state index in [2.05, 4.69) is 15.4 Å². The molecule has 3 aromatic rings. The van der Waals surface area contributed by atoms with Crippen molar-refractivity contribution in [1.82, 2.24) is 10.6 Å². The number of alkyl carbamates (subject to hydrolysis) is 1. The number of ether oxygens (including phenoxy) is 6. The van der Waals surface area contributed by atoms with Gasteiger partial charge < -0.3 is 44.8 Å². The molecular weight excluding hydrogens is 737 g/mol. The molecule has 0 saturated heterocycles. The van der Waals surface area contributed by atoms with Gasteiger partial charge in [0.1, 0.15) is 12.6 Å². The van der Waals surface area contributed by atoms with Gasteiger partial charge in [-0.2, -0.15) is 8.78 Å². The lowest BCUT2D eigenvalue weighted by atomic mass is 9.98. The summed E-state index contributed by atoms with van der Waals surface area (Å²) in [7, 11) is 0. The molecule has 1 aliphatic rings. The molecule has 3 aromatic carbocycles. The van der Waals surface area contributed by atoms with E-state index in [9.17, 15) is 36.3 Å². The van der Waals surface area contributed by atoms with E-state index in [1.165, 1.54) is 0 Å². The molecule has 55 heavy (non-hydrogen) atoms. The highest BCUT2D eigenvalue weighted by molar-refractivity contribution is 5.83. The quantitative estimate of drug-likeness (QED) is 0.0286. The first-order valence-corrected chi connectivity index (χ1v) is 17.8. The van der Waals surface area contributed by atoms with Crippen LogP contribution in [0.15, 0.2) is 48.5 Å². The first-order valence-electron chi connectivity index (χ1n) is 17.8. The number of unbranched alkanes of at least 4 members (excludes halogenated alkanes) is 1. The summed E-state index contributed by atoms with van der Waals surface area (Å²) in [4.78, 5) is 38.2. The SMILES string of the molecule is NCCOCCOCCOCCOCCC(=O)NCCCCC(NC(=O)OCC1c2ccccc2-c2ccccc21)C(=O)Oc1c(F)c(F)c(F)c(F)c1F. The minimum absolute atomic E-state index is 0.0616. The Morgan fingerprint density at radius 2 is 1.18 bits per heavy atom. The number of nitrogens with two attached hydrogens (primary N) is 1. The molecule has 0 bridgehead atoms. The molecule has 0 heterocycles. The van der Waals surface area contributed by atoms with Gasteiger partial charge >= 0.3 is 12.1 Å². The smallest absolute Gasteiger partial charge is 0.407 e. The normalized spacial score (nSPS) is 12.5. The zero-order valence-corrected chi connectivity index (χ0v) is 30.0. The Labute approximate surface area is 314 Å². The van der Waals surface area contributed by atoms with Gasteiger partial charge in [-0.15, -0.1) is 0 Å².